The summed E-state index contributed by atoms with van der Waals surface area (Å²) in [6.07, 6.45) is 5.12. The molecule has 0 aromatic heterocycles. The largest absolute Gasteiger partial charge is 0.454 e. The second-order valence-electron chi connectivity index (χ2n) is 10.3. The van der Waals surface area contributed by atoms with E-state index in [1.54, 1.807) is 12.1 Å². The van der Waals surface area contributed by atoms with Crippen molar-refractivity contribution in [3.8, 4) is 0 Å². The highest BCUT2D eigenvalue weighted by atomic mass is 16.5. The Morgan fingerprint density at radius 1 is 1.03 bits per heavy atom. The summed E-state index contributed by atoms with van der Waals surface area (Å²) in [5.41, 5.74) is 1.74. The van der Waals surface area contributed by atoms with Gasteiger partial charge >= 0.3 is 5.97 Å². The van der Waals surface area contributed by atoms with Crippen LogP contribution in [0.3, 0.4) is 0 Å². The number of amides is 3. The summed E-state index contributed by atoms with van der Waals surface area (Å²) in [7, 11) is 0. The van der Waals surface area contributed by atoms with Crippen LogP contribution in [0.15, 0.2) is 36.4 Å². The molecule has 1 N–H and O–H groups in total. The zero-order valence-electron chi connectivity index (χ0n) is 20.1. The van der Waals surface area contributed by atoms with E-state index in [0.29, 0.717) is 24.9 Å². The lowest BCUT2D eigenvalue weighted by Gasteiger charge is -2.26. The van der Waals surface area contributed by atoms with Crippen molar-refractivity contribution < 1.29 is 23.9 Å². The number of rotatable bonds is 7. The number of hydrogen-bond donors (Lipinski definition) is 1. The molecule has 0 saturated carbocycles. The fourth-order valence-electron chi connectivity index (χ4n) is 4.37. The number of carbonyl (C=O) groups excluding carboxylic acids is 4. The molecule has 1 saturated heterocycles. The van der Waals surface area contributed by atoms with E-state index in [0.717, 1.165) is 10.5 Å². The second kappa shape index (κ2) is 9.89. The molecule has 3 rings (SSSR count). The van der Waals surface area contributed by atoms with Crippen LogP contribution in [0, 0.1) is 17.8 Å². The summed E-state index contributed by atoms with van der Waals surface area (Å²) >= 11 is 0. The molecule has 1 aliphatic heterocycles. The molecule has 33 heavy (non-hydrogen) atoms. The SMILES string of the molecule is CC(C)C[C@H](C(=O)OCC(=O)Nc1ccc(C(C)(C)C)cc1)N1C(=O)[C@@H]2CC=CC[C@H]2C1=O. The fourth-order valence-corrected chi connectivity index (χ4v) is 4.37. The molecule has 1 aromatic rings. The molecule has 0 unspecified atom stereocenters. The van der Waals surface area contributed by atoms with Gasteiger partial charge < -0.3 is 10.1 Å². The number of esters is 1. The van der Waals surface area contributed by atoms with Crippen molar-refractivity contribution in [2.75, 3.05) is 11.9 Å². The third-order valence-electron chi connectivity index (χ3n) is 6.20. The first kappa shape index (κ1) is 24.7. The van der Waals surface area contributed by atoms with Gasteiger partial charge in [-0.15, -0.1) is 0 Å². The summed E-state index contributed by atoms with van der Waals surface area (Å²) in [6, 6.07) is 6.48. The van der Waals surface area contributed by atoms with Gasteiger partial charge in [0.25, 0.3) is 5.91 Å². The first-order valence-electron chi connectivity index (χ1n) is 11.6. The van der Waals surface area contributed by atoms with Crippen molar-refractivity contribution in [2.24, 2.45) is 17.8 Å². The van der Waals surface area contributed by atoms with Gasteiger partial charge in [0, 0.05) is 5.69 Å². The number of benzene rings is 1. The summed E-state index contributed by atoms with van der Waals surface area (Å²) in [6.45, 7) is 9.65. The highest BCUT2D eigenvalue weighted by Gasteiger charge is 2.51. The molecule has 1 aliphatic carbocycles. The van der Waals surface area contributed by atoms with E-state index in [1.807, 2.05) is 38.1 Å². The number of nitrogens with one attached hydrogen (secondary N) is 1. The van der Waals surface area contributed by atoms with E-state index >= 15 is 0 Å². The lowest BCUT2D eigenvalue weighted by molar-refractivity contribution is -0.160. The van der Waals surface area contributed by atoms with Crippen LogP contribution in [0.25, 0.3) is 0 Å². The summed E-state index contributed by atoms with van der Waals surface area (Å²) in [4.78, 5) is 52.2. The number of ether oxygens (including phenoxy) is 1. The lowest BCUT2D eigenvalue weighted by atomic mass is 9.85. The van der Waals surface area contributed by atoms with E-state index in [1.165, 1.54) is 0 Å². The first-order valence-corrected chi connectivity index (χ1v) is 11.6. The Morgan fingerprint density at radius 2 is 1.58 bits per heavy atom. The van der Waals surface area contributed by atoms with Crippen molar-refractivity contribution >= 4 is 29.4 Å². The standard InChI is InChI=1S/C26H34N2O5/c1-16(2)14-21(28-23(30)19-8-6-7-9-20(19)24(28)31)25(32)33-15-22(29)27-18-12-10-17(11-13-18)26(3,4)5/h6-7,10-13,16,19-21H,8-9,14-15H2,1-5H3,(H,27,29)/t19-,20-,21-/m1/s1. The van der Waals surface area contributed by atoms with Gasteiger partial charge in [0.05, 0.1) is 11.8 Å². The van der Waals surface area contributed by atoms with Gasteiger partial charge in [-0.25, -0.2) is 4.79 Å². The van der Waals surface area contributed by atoms with Crippen LogP contribution in [0.5, 0.6) is 0 Å². The molecule has 3 atom stereocenters. The molecule has 0 bridgehead atoms. The Balaban J connectivity index is 1.63. The van der Waals surface area contributed by atoms with Gasteiger partial charge in [0.15, 0.2) is 6.61 Å². The predicted octanol–water partition coefficient (Wildman–Crippen LogP) is 3.83. The van der Waals surface area contributed by atoms with Crippen LogP contribution in [0.2, 0.25) is 0 Å². The molecule has 1 aromatic carbocycles. The Hall–Kier alpha value is -2.96. The van der Waals surface area contributed by atoms with Crippen LogP contribution in [0.4, 0.5) is 5.69 Å². The minimum Gasteiger partial charge on any atom is -0.454 e. The van der Waals surface area contributed by atoms with Crippen molar-refractivity contribution in [2.45, 2.75) is 65.3 Å². The van der Waals surface area contributed by atoms with Crippen molar-refractivity contribution in [3.63, 3.8) is 0 Å². The number of fused-ring (bicyclic) bond motifs is 1. The number of nitrogens with zero attached hydrogens (tertiary/aromatic N) is 1. The molecular formula is C26H34N2O5. The van der Waals surface area contributed by atoms with E-state index in [2.05, 4.69) is 26.1 Å². The van der Waals surface area contributed by atoms with Gasteiger partial charge in [-0.1, -0.05) is 58.9 Å². The Labute approximate surface area is 195 Å². The monoisotopic (exact) mass is 454 g/mol. The highest BCUT2D eigenvalue weighted by Crippen LogP contribution is 2.37. The molecule has 7 heteroatoms. The van der Waals surface area contributed by atoms with E-state index in [4.69, 9.17) is 4.74 Å². The van der Waals surface area contributed by atoms with Crippen LogP contribution in [0.1, 0.15) is 59.4 Å². The molecule has 3 amide bonds. The molecular weight excluding hydrogens is 420 g/mol. The van der Waals surface area contributed by atoms with Crippen LogP contribution < -0.4 is 5.32 Å². The van der Waals surface area contributed by atoms with E-state index in [-0.39, 0.29) is 23.1 Å². The second-order valence-corrected chi connectivity index (χ2v) is 10.3. The maximum Gasteiger partial charge on any atom is 0.329 e. The van der Waals surface area contributed by atoms with Crippen LogP contribution in [-0.2, 0) is 29.3 Å². The quantitative estimate of drug-likeness (QED) is 0.384. The van der Waals surface area contributed by atoms with Crippen LogP contribution in [-0.4, -0.2) is 41.2 Å². The number of carbonyl (C=O) groups is 4. The minimum atomic E-state index is -1.02. The lowest BCUT2D eigenvalue weighted by Crippen LogP contribution is -2.47. The highest BCUT2D eigenvalue weighted by molar-refractivity contribution is 6.08. The number of allylic oxidation sites excluding steroid dienone is 2. The van der Waals surface area contributed by atoms with Gasteiger partial charge in [-0.2, -0.15) is 0 Å². The van der Waals surface area contributed by atoms with Gasteiger partial charge in [0.1, 0.15) is 6.04 Å². The fraction of sp³-hybridized carbons (Fsp3) is 0.538. The predicted molar refractivity (Wildman–Crippen MR) is 125 cm³/mol. The van der Waals surface area contributed by atoms with Crippen molar-refractivity contribution in [3.05, 3.63) is 42.0 Å². The molecule has 0 spiro atoms. The number of imide groups is 1. The summed E-state index contributed by atoms with van der Waals surface area (Å²) < 4.78 is 5.27. The topological polar surface area (TPSA) is 92.8 Å². The number of likely N-dealkylation sites (tertiary alicyclic amines) is 1. The Morgan fingerprint density at radius 3 is 2.06 bits per heavy atom. The summed E-state index contributed by atoms with van der Waals surface area (Å²) in [5.74, 6) is -2.62. The normalized spacial score (nSPS) is 21.2. The Bertz CT molecular complexity index is 916. The molecule has 7 nitrogen and oxygen atoms in total. The average Bonchev–Trinajstić information content (AvgIpc) is 3.00. The van der Waals surface area contributed by atoms with E-state index in [9.17, 15) is 19.2 Å². The maximum absolute atomic E-state index is 12.9. The molecule has 178 valence electrons. The number of anilines is 1. The zero-order valence-corrected chi connectivity index (χ0v) is 20.1. The smallest absolute Gasteiger partial charge is 0.329 e. The summed E-state index contributed by atoms with van der Waals surface area (Å²) in [5, 5.41) is 2.71. The molecule has 2 aliphatic rings. The molecule has 1 heterocycles. The van der Waals surface area contributed by atoms with Crippen LogP contribution >= 0.6 is 0 Å². The zero-order chi connectivity index (χ0) is 24.3. The minimum absolute atomic E-state index is 0.00149. The van der Waals surface area contributed by atoms with Gasteiger partial charge in [0.2, 0.25) is 11.8 Å². The van der Waals surface area contributed by atoms with Crippen molar-refractivity contribution in [1.82, 2.24) is 4.90 Å². The molecule has 0 radical (unpaired) electrons. The van der Waals surface area contributed by atoms with E-state index < -0.39 is 36.4 Å². The molecule has 1 fully saturated rings. The third kappa shape index (κ3) is 5.70. The average molecular weight is 455 g/mol. The van der Waals surface area contributed by atoms with Gasteiger partial charge in [-0.3, -0.25) is 19.3 Å². The first-order chi connectivity index (χ1) is 15.5. The number of hydrogen-bond acceptors (Lipinski definition) is 5. The maximum atomic E-state index is 12.9. The Kier molecular flexibility index (Phi) is 7.40. The third-order valence-corrected chi connectivity index (χ3v) is 6.20. The van der Waals surface area contributed by atoms with Crippen molar-refractivity contribution in [1.29, 1.82) is 0 Å². The van der Waals surface area contributed by atoms with Gasteiger partial charge in [-0.05, 0) is 48.3 Å².